The lowest BCUT2D eigenvalue weighted by molar-refractivity contribution is 0.264. The van der Waals surface area contributed by atoms with Crippen LogP contribution >= 0.6 is 0 Å². The highest BCUT2D eigenvalue weighted by atomic mass is 16.3. The molecule has 106 valence electrons. The highest BCUT2D eigenvalue weighted by Gasteiger charge is 2.16. The van der Waals surface area contributed by atoms with Crippen LogP contribution in [-0.2, 0) is 6.42 Å². The van der Waals surface area contributed by atoms with Gasteiger partial charge in [-0.2, -0.15) is 0 Å². The Morgan fingerprint density at radius 2 is 1.50 bits per heavy atom. The number of aryl methyl sites for hydroxylation is 4. The molecule has 0 saturated carbocycles. The average molecular weight is 268 g/mol. The predicted octanol–water partition coefficient (Wildman–Crippen LogP) is 4.24. The normalized spacial score (nSPS) is 12.4. The molecule has 2 aromatic rings. The summed E-state index contributed by atoms with van der Waals surface area (Å²) in [7, 11) is 0. The van der Waals surface area contributed by atoms with Crippen molar-refractivity contribution in [3.8, 4) is 0 Å². The van der Waals surface area contributed by atoms with E-state index in [4.69, 9.17) is 0 Å². The predicted molar refractivity (Wildman–Crippen MR) is 85.4 cm³/mol. The van der Waals surface area contributed by atoms with Crippen molar-refractivity contribution in [2.24, 2.45) is 0 Å². The Morgan fingerprint density at radius 3 is 2.05 bits per heavy atom. The third-order valence-electron chi connectivity index (χ3n) is 4.14. The largest absolute Gasteiger partial charge is 0.396 e. The maximum atomic E-state index is 9.80. The van der Waals surface area contributed by atoms with Crippen molar-refractivity contribution < 1.29 is 5.11 Å². The van der Waals surface area contributed by atoms with Crippen LogP contribution in [0.5, 0.6) is 0 Å². The van der Waals surface area contributed by atoms with Gasteiger partial charge in [-0.05, 0) is 61.9 Å². The summed E-state index contributed by atoms with van der Waals surface area (Å²) < 4.78 is 0. The molecule has 1 N–H and O–H groups in total. The van der Waals surface area contributed by atoms with Crippen LogP contribution in [-0.4, -0.2) is 11.7 Å². The Balaban J connectivity index is 2.35. The molecule has 2 aromatic carbocycles. The first-order valence-corrected chi connectivity index (χ1v) is 7.26. The molecule has 0 fully saturated rings. The SMILES string of the molecule is Cc1cc(C)c(CC(CO)c2ccccc2C)c(C)c1. The molecule has 0 aliphatic heterocycles. The first kappa shape index (κ1) is 14.8. The lowest BCUT2D eigenvalue weighted by Crippen LogP contribution is -2.11. The maximum absolute atomic E-state index is 9.80. The third kappa shape index (κ3) is 3.10. The molecule has 2 rings (SSSR count). The van der Waals surface area contributed by atoms with Gasteiger partial charge in [0.15, 0.2) is 0 Å². The minimum atomic E-state index is 0.177. The van der Waals surface area contributed by atoms with E-state index in [1.54, 1.807) is 0 Å². The molecule has 0 radical (unpaired) electrons. The molecule has 0 aromatic heterocycles. The van der Waals surface area contributed by atoms with Crippen molar-refractivity contribution in [1.29, 1.82) is 0 Å². The summed E-state index contributed by atoms with van der Waals surface area (Å²) in [6, 6.07) is 12.8. The number of rotatable bonds is 4. The number of aliphatic hydroxyl groups excluding tert-OH is 1. The van der Waals surface area contributed by atoms with Gasteiger partial charge in [-0.1, -0.05) is 42.0 Å². The van der Waals surface area contributed by atoms with Crippen LogP contribution in [0.25, 0.3) is 0 Å². The minimum Gasteiger partial charge on any atom is -0.396 e. The van der Waals surface area contributed by atoms with Crippen molar-refractivity contribution >= 4 is 0 Å². The topological polar surface area (TPSA) is 20.2 Å². The zero-order valence-electron chi connectivity index (χ0n) is 12.9. The van der Waals surface area contributed by atoms with E-state index in [0.717, 1.165) is 6.42 Å². The Morgan fingerprint density at radius 1 is 0.900 bits per heavy atom. The Labute approximate surface area is 122 Å². The molecular formula is C19H24O. The third-order valence-corrected chi connectivity index (χ3v) is 4.14. The second-order valence-electron chi connectivity index (χ2n) is 5.82. The molecule has 0 spiro atoms. The number of hydrogen-bond acceptors (Lipinski definition) is 1. The molecule has 0 saturated heterocycles. The van der Waals surface area contributed by atoms with Gasteiger partial charge in [0.25, 0.3) is 0 Å². The fraction of sp³-hybridized carbons (Fsp3) is 0.368. The van der Waals surface area contributed by atoms with Crippen molar-refractivity contribution in [3.63, 3.8) is 0 Å². The zero-order valence-corrected chi connectivity index (χ0v) is 12.9. The van der Waals surface area contributed by atoms with Crippen molar-refractivity contribution in [2.45, 2.75) is 40.0 Å². The van der Waals surface area contributed by atoms with Gasteiger partial charge in [0, 0.05) is 5.92 Å². The second kappa shape index (κ2) is 6.23. The Hall–Kier alpha value is -1.60. The van der Waals surface area contributed by atoms with E-state index < -0.39 is 0 Å². The van der Waals surface area contributed by atoms with E-state index >= 15 is 0 Å². The molecule has 0 aliphatic rings. The van der Waals surface area contributed by atoms with Gasteiger partial charge in [0.05, 0.1) is 6.61 Å². The summed E-state index contributed by atoms with van der Waals surface area (Å²) >= 11 is 0. The van der Waals surface area contributed by atoms with Crippen LogP contribution in [0.15, 0.2) is 36.4 Å². The monoisotopic (exact) mass is 268 g/mol. The number of hydrogen-bond donors (Lipinski definition) is 1. The maximum Gasteiger partial charge on any atom is 0.0503 e. The molecule has 1 atom stereocenters. The van der Waals surface area contributed by atoms with E-state index in [2.05, 4.69) is 64.1 Å². The molecule has 0 heterocycles. The van der Waals surface area contributed by atoms with Crippen LogP contribution in [0.4, 0.5) is 0 Å². The van der Waals surface area contributed by atoms with Crippen molar-refractivity contribution in [1.82, 2.24) is 0 Å². The van der Waals surface area contributed by atoms with Crippen LogP contribution in [0.2, 0.25) is 0 Å². The Bertz CT molecular complexity index is 575. The molecule has 20 heavy (non-hydrogen) atoms. The summed E-state index contributed by atoms with van der Waals surface area (Å²) in [5.41, 5.74) is 7.85. The smallest absolute Gasteiger partial charge is 0.0503 e. The van der Waals surface area contributed by atoms with Gasteiger partial charge >= 0.3 is 0 Å². The van der Waals surface area contributed by atoms with Crippen LogP contribution in [0, 0.1) is 27.7 Å². The Kier molecular flexibility index (Phi) is 4.61. The average Bonchev–Trinajstić information content (AvgIpc) is 2.39. The number of aliphatic hydroxyl groups is 1. The molecule has 0 amide bonds. The lowest BCUT2D eigenvalue weighted by atomic mass is 9.86. The standard InChI is InChI=1S/C19H24O/c1-13-9-15(3)19(16(4)10-13)11-17(12-20)18-8-6-5-7-14(18)2/h5-10,17,20H,11-12H2,1-4H3. The minimum absolute atomic E-state index is 0.177. The van der Waals surface area contributed by atoms with Crippen LogP contribution in [0.3, 0.4) is 0 Å². The summed E-state index contributed by atoms with van der Waals surface area (Å²) in [6.45, 7) is 8.78. The van der Waals surface area contributed by atoms with Crippen LogP contribution in [0.1, 0.15) is 39.3 Å². The molecule has 0 bridgehead atoms. The fourth-order valence-corrected chi connectivity index (χ4v) is 3.10. The quantitative estimate of drug-likeness (QED) is 0.879. The van der Waals surface area contributed by atoms with E-state index in [1.165, 1.54) is 33.4 Å². The van der Waals surface area contributed by atoms with Crippen LogP contribution < -0.4 is 0 Å². The summed E-state index contributed by atoms with van der Waals surface area (Å²) in [5, 5.41) is 9.80. The van der Waals surface area contributed by atoms with Gasteiger partial charge in [-0.15, -0.1) is 0 Å². The summed E-state index contributed by atoms with van der Waals surface area (Å²) in [6.07, 6.45) is 0.902. The van der Waals surface area contributed by atoms with Gasteiger partial charge in [-0.3, -0.25) is 0 Å². The van der Waals surface area contributed by atoms with E-state index in [1.807, 2.05) is 0 Å². The van der Waals surface area contributed by atoms with Gasteiger partial charge < -0.3 is 5.11 Å². The van der Waals surface area contributed by atoms with Crippen molar-refractivity contribution in [2.75, 3.05) is 6.61 Å². The highest BCUT2D eigenvalue weighted by Crippen LogP contribution is 2.27. The van der Waals surface area contributed by atoms with Gasteiger partial charge in [-0.25, -0.2) is 0 Å². The van der Waals surface area contributed by atoms with E-state index in [9.17, 15) is 5.11 Å². The van der Waals surface area contributed by atoms with Crippen molar-refractivity contribution in [3.05, 3.63) is 69.8 Å². The summed E-state index contributed by atoms with van der Waals surface area (Å²) in [4.78, 5) is 0. The van der Waals surface area contributed by atoms with E-state index in [0.29, 0.717) is 0 Å². The molecule has 1 heteroatoms. The first-order valence-electron chi connectivity index (χ1n) is 7.26. The molecule has 0 aliphatic carbocycles. The first-order chi connectivity index (χ1) is 9.52. The number of benzene rings is 2. The molecule has 1 unspecified atom stereocenters. The zero-order chi connectivity index (χ0) is 14.7. The molecular weight excluding hydrogens is 244 g/mol. The highest BCUT2D eigenvalue weighted by molar-refractivity contribution is 5.40. The fourth-order valence-electron chi connectivity index (χ4n) is 3.10. The second-order valence-corrected chi connectivity index (χ2v) is 5.82. The molecule has 1 nitrogen and oxygen atoms in total. The summed E-state index contributed by atoms with van der Waals surface area (Å²) in [5.74, 6) is 0.177. The van der Waals surface area contributed by atoms with E-state index in [-0.39, 0.29) is 12.5 Å². The van der Waals surface area contributed by atoms with Gasteiger partial charge in [0.1, 0.15) is 0 Å². The lowest BCUT2D eigenvalue weighted by Gasteiger charge is -2.20. The van der Waals surface area contributed by atoms with Gasteiger partial charge in [0.2, 0.25) is 0 Å².